The van der Waals surface area contributed by atoms with Crippen LogP contribution in [0.15, 0.2) is 18.3 Å². The van der Waals surface area contributed by atoms with Crippen molar-refractivity contribution in [2.45, 2.75) is 25.7 Å². The van der Waals surface area contributed by atoms with Crippen molar-refractivity contribution in [2.75, 3.05) is 27.4 Å². The van der Waals surface area contributed by atoms with Crippen molar-refractivity contribution in [1.82, 2.24) is 15.9 Å². The summed E-state index contributed by atoms with van der Waals surface area (Å²) in [6.07, 6.45) is 3.21. The first-order valence-electron chi connectivity index (χ1n) is 7.51. The van der Waals surface area contributed by atoms with Gasteiger partial charge < -0.3 is 9.47 Å². The fourth-order valence-corrected chi connectivity index (χ4v) is 1.74. The van der Waals surface area contributed by atoms with Gasteiger partial charge in [0.05, 0.1) is 27.4 Å². The van der Waals surface area contributed by atoms with E-state index >= 15 is 0 Å². The molecule has 0 aromatic carbocycles. The maximum absolute atomic E-state index is 11.2. The quantitative estimate of drug-likeness (QED) is 0.427. The van der Waals surface area contributed by atoms with Crippen molar-refractivity contribution in [3.63, 3.8) is 0 Å². The van der Waals surface area contributed by atoms with Crippen molar-refractivity contribution < 1.29 is 28.7 Å². The highest BCUT2D eigenvalue weighted by Crippen LogP contribution is 2.23. The summed E-state index contributed by atoms with van der Waals surface area (Å²) in [5.41, 5.74) is 4.47. The third-order valence-electron chi connectivity index (χ3n) is 2.76. The predicted molar refractivity (Wildman–Crippen MR) is 84.0 cm³/mol. The van der Waals surface area contributed by atoms with Gasteiger partial charge in [0.2, 0.25) is 11.8 Å². The second kappa shape index (κ2) is 12.1. The molecule has 9 nitrogen and oxygen atoms in total. The molecule has 0 radical (unpaired) electrons. The Bertz CT molecular complexity index is 467. The molecule has 2 N–H and O–H groups in total. The molecular formula is C15H23N3O6. The van der Waals surface area contributed by atoms with Crippen LogP contribution >= 0.6 is 0 Å². The van der Waals surface area contributed by atoms with Gasteiger partial charge in [0.1, 0.15) is 0 Å². The largest absolute Gasteiger partial charge is 0.488 e. The molecule has 0 aliphatic rings. The van der Waals surface area contributed by atoms with Crippen LogP contribution in [0.25, 0.3) is 0 Å². The summed E-state index contributed by atoms with van der Waals surface area (Å²) in [6.45, 7) is 0.663. The standard InChI is InChI=1S/C15H23N3O6/c1-21-17-13(19)7-4-10-23-12-6-3-9-16-15(12)24-11-5-8-14(20)18-22-2/h3,6,9H,4-5,7-8,10-11H2,1-2H3,(H,17,19)(H,18,20). The fraction of sp³-hybridized carbons (Fsp3) is 0.533. The van der Waals surface area contributed by atoms with Crippen molar-refractivity contribution in [3.8, 4) is 11.6 Å². The predicted octanol–water partition coefficient (Wildman–Crippen LogP) is 0.755. The van der Waals surface area contributed by atoms with E-state index in [1.54, 1.807) is 18.3 Å². The lowest BCUT2D eigenvalue weighted by molar-refractivity contribution is -0.132. The molecule has 24 heavy (non-hydrogen) atoms. The highest BCUT2D eigenvalue weighted by molar-refractivity contribution is 5.74. The lowest BCUT2D eigenvalue weighted by Gasteiger charge is -2.11. The van der Waals surface area contributed by atoms with E-state index in [0.717, 1.165) is 0 Å². The van der Waals surface area contributed by atoms with E-state index in [-0.39, 0.29) is 18.2 Å². The topological polar surface area (TPSA) is 108 Å². The number of hydrogen-bond donors (Lipinski definition) is 2. The van der Waals surface area contributed by atoms with Crippen LogP contribution in [0, 0.1) is 0 Å². The summed E-state index contributed by atoms with van der Waals surface area (Å²) in [6, 6.07) is 3.46. The Kier molecular flexibility index (Phi) is 9.90. The monoisotopic (exact) mass is 341 g/mol. The van der Waals surface area contributed by atoms with Gasteiger partial charge in [-0.2, -0.15) is 0 Å². The molecule has 0 aliphatic heterocycles. The molecule has 0 aliphatic carbocycles. The van der Waals surface area contributed by atoms with E-state index in [0.29, 0.717) is 44.1 Å². The number of nitrogens with one attached hydrogen (secondary N) is 2. The third-order valence-corrected chi connectivity index (χ3v) is 2.76. The van der Waals surface area contributed by atoms with Crippen LogP contribution in [0.2, 0.25) is 0 Å². The summed E-state index contributed by atoms with van der Waals surface area (Å²) in [4.78, 5) is 35.6. The number of rotatable bonds is 12. The average molecular weight is 341 g/mol. The number of ether oxygens (including phenoxy) is 2. The van der Waals surface area contributed by atoms with Crippen molar-refractivity contribution in [1.29, 1.82) is 0 Å². The minimum Gasteiger partial charge on any atom is -0.488 e. The minimum absolute atomic E-state index is 0.210. The number of hydrogen-bond acceptors (Lipinski definition) is 7. The van der Waals surface area contributed by atoms with Crippen molar-refractivity contribution >= 4 is 11.8 Å². The molecule has 1 heterocycles. The number of hydroxylamine groups is 2. The van der Waals surface area contributed by atoms with E-state index in [4.69, 9.17) is 9.47 Å². The van der Waals surface area contributed by atoms with E-state index < -0.39 is 0 Å². The highest BCUT2D eigenvalue weighted by atomic mass is 16.6. The highest BCUT2D eigenvalue weighted by Gasteiger charge is 2.08. The Hall–Kier alpha value is -2.39. The van der Waals surface area contributed by atoms with Crippen LogP contribution in [0.4, 0.5) is 0 Å². The first-order valence-corrected chi connectivity index (χ1v) is 7.51. The minimum atomic E-state index is -0.215. The molecule has 0 fully saturated rings. The molecule has 134 valence electrons. The lowest BCUT2D eigenvalue weighted by atomic mass is 10.3. The zero-order chi connectivity index (χ0) is 17.6. The molecule has 0 bridgehead atoms. The number of aromatic nitrogens is 1. The van der Waals surface area contributed by atoms with Crippen LogP contribution < -0.4 is 20.4 Å². The van der Waals surface area contributed by atoms with Crippen LogP contribution in [0.3, 0.4) is 0 Å². The Labute approximate surface area is 140 Å². The molecule has 9 heteroatoms. The van der Waals surface area contributed by atoms with Gasteiger partial charge in [-0.15, -0.1) is 0 Å². The first kappa shape index (κ1) is 19.7. The number of amides is 2. The van der Waals surface area contributed by atoms with Gasteiger partial charge in [-0.1, -0.05) is 0 Å². The molecule has 0 saturated heterocycles. The van der Waals surface area contributed by atoms with Crippen LogP contribution in [-0.2, 0) is 19.3 Å². The second-order valence-corrected chi connectivity index (χ2v) is 4.67. The van der Waals surface area contributed by atoms with Crippen LogP contribution in [0.5, 0.6) is 11.6 Å². The molecule has 1 aromatic heterocycles. The number of nitrogens with zero attached hydrogens (tertiary/aromatic N) is 1. The molecular weight excluding hydrogens is 318 g/mol. The molecule has 1 aromatic rings. The van der Waals surface area contributed by atoms with Gasteiger partial charge in [-0.3, -0.25) is 19.3 Å². The third kappa shape index (κ3) is 8.30. The van der Waals surface area contributed by atoms with Crippen LogP contribution in [0.1, 0.15) is 25.7 Å². The molecule has 2 amide bonds. The molecule has 0 atom stereocenters. The number of carbonyl (C=O) groups is 2. The summed E-state index contributed by atoms with van der Waals surface area (Å²) >= 11 is 0. The molecule has 1 rings (SSSR count). The van der Waals surface area contributed by atoms with E-state index in [9.17, 15) is 9.59 Å². The molecule has 0 saturated carbocycles. The fourth-order valence-electron chi connectivity index (χ4n) is 1.74. The Balaban J connectivity index is 2.31. The first-order chi connectivity index (χ1) is 11.7. The van der Waals surface area contributed by atoms with Gasteiger partial charge in [0, 0.05) is 19.0 Å². The van der Waals surface area contributed by atoms with E-state index in [2.05, 4.69) is 25.6 Å². The summed E-state index contributed by atoms with van der Waals surface area (Å²) in [5.74, 6) is 0.419. The zero-order valence-corrected chi connectivity index (χ0v) is 13.9. The summed E-state index contributed by atoms with van der Waals surface area (Å²) in [7, 11) is 2.76. The maximum Gasteiger partial charge on any atom is 0.256 e. The Morgan fingerprint density at radius 3 is 2.17 bits per heavy atom. The van der Waals surface area contributed by atoms with E-state index in [1.165, 1.54) is 14.2 Å². The van der Waals surface area contributed by atoms with Gasteiger partial charge >= 0.3 is 0 Å². The Morgan fingerprint density at radius 1 is 1.00 bits per heavy atom. The van der Waals surface area contributed by atoms with Gasteiger partial charge in [0.15, 0.2) is 5.75 Å². The number of pyridine rings is 1. The zero-order valence-electron chi connectivity index (χ0n) is 13.9. The smallest absolute Gasteiger partial charge is 0.256 e. The van der Waals surface area contributed by atoms with Crippen molar-refractivity contribution in [3.05, 3.63) is 18.3 Å². The summed E-state index contributed by atoms with van der Waals surface area (Å²) < 4.78 is 11.1. The SMILES string of the molecule is CONC(=O)CCCOc1cccnc1OCCCC(=O)NOC. The van der Waals surface area contributed by atoms with Crippen LogP contribution in [-0.4, -0.2) is 44.2 Å². The Morgan fingerprint density at radius 2 is 1.58 bits per heavy atom. The average Bonchev–Trinajstić information content (AvgIpc) is 2.57. The van der Waals surface area contributed by atoms with E-state index in [1.807, 2.05) is 0 Å². The summed E-state index contributed by atoms with van der Waals surface area (Å²) in [5, 5.41) is 0. The van der Waals surface area contributed by atoms with Gasteiger partial charge in [-0.05, 0) is 25.0 Å². The second-order valence-electron chi connectivity index (χ2n) is 4.67. The van der Waals surface area contributed by atoms with Gasteiger partial charge in [0.25, 0.3) is 5.88 Å². The molecule has 0 spiro atoms. The lowest BCUT2D eigenvalue weighted by Crippen LogP contribution is -2.22. The molecule has 0 unspecified atom stereocenters. The number of carbonyl (C=O) groups excluding carboxylic acids is 2. The van der Waals surface area contributed by atoms with Crippen molar-refractivity contribution in [2.24, 2.45) is 0 Å². The van der Waals surface area contributed by atoms with Gasteiger partial charge in [-0.25, -0.2) is 15.9 Å². The maximum atomic E-state index is 11.2. The normalized spacial score (nSPS) is 10.1.